The summed E-state index contributed by atoms with van der Waals surface area (Å²) in [4.78, 5) is 0. The predicted molar refractivity (Wildman–Crippen MR) is 80.9 cm³/mol. The summed E-state index contributed by atoms with van der Waals surface area (Å²) in [5.41, 5.74) is 3.11. The van der Waals surface area contributed by atoms with Crippen LogP contribution >= 0.6 is 11.6 Å². The van der Waals surface area contributed by atoms with E-state index in [1.807, 2.05) is 42.8 Å². The number of halogens is 1. The molecule has 2 heterocycles. The van der Waals surface area contributed by atoms with E-state index in [0.717, 1.165) is 35.8 Å². The van der Waals surface area contributed by atoms with Gasteiger partial charge in [0.25, 0.3) is 0 Å². The van der Waals surface area contributed by atoms with Crippen molar-refractivity contribution in [3.05, 3.63) is 34.4 Å². The summed E-state index contributed by atoms with van der Waals surface area (Å²) >= 11 is 6.35. The molecule has 2 aromatic heterocycles. The fraction of sp³-hybridized carbons (Fsp3) is 0.571. The second kappa shape index (κ2) is 6.41. The molecule has 0 amide bonds. The van der Waals surface area contributed by atoms with Crippen molar-refractivity contribution in [1.29, 1.82) is 0 Å². The Bertz CT molecular complexity index is 572. The van der Waals surface area contributed by atoms with Crippen molar-refractivity contribution in [3.63, 3.8) is 0 Å². The fourth-order valence-corrected chi connectivity index (χ4v) is 2.58. The highest BCUT2D eigenvalue weighted by Crippen LogP contribution is 2.25. The van der Waals surface area contributed by atoms with Crippen LogP contribution in [0.25, 0.3) is 0 Å². The average molecular weight is 296 g/mol. The van der Waals surface area contributed by atoms with E-state index in [0.29, 0.717) is 0 Å². The second-order valence-corrected chi connectivity index (χ2v) is 5.51. The van der Waals surface area contributed by atoms with Crippen LogP contribution in [-0.4, -0.2) is 26.1 Å². The minimum Gasteiger partial charge on any atom is -0.310 e. The lowest BCUT2D eigenvalue weighted by Crippen LogP contribution is -2.24. The zero-order valence-electron chi connectivity index (χ0n) is 12.5. The van der Waals surface area contributed by atoms with Gasteiger partial charge in [0.1, 0.15) is 0 Å². The Labute approximate surface area is 124 Å². The monoisotopic (exact) mass is 295 g/mol. The zero-order valence-corrected chi connectivity index (χ0v) is 13.3. The van der Waals surface area contributed by atoms with Gasteiger partial charge in [0.05, 0.1) is 22.6 Å². The van der Waals surface area contributed by atoms with Crippen LogP contribution in [0.1, 0.15) is 36.3 Å². The molecule has 1 atom stereocenters. The van der Waals surface area contributed by atoms with Gasteiger partial charge in [-0.2, -0.15) is 10.2 Å². The average Bonchev–Trinajstić information content (AvgIpc) is 2.93. The van der Waals surface area contributed by atoms with E-state index in [2.05, 4.69) is 22.4 Å². The van der Waals surface area contributed by atoms with Gasteiger partial charge in [-0.1, -0.05) is 18.5 Å². The molecule has 0 aliphatic carbocycles. The van der Waals surface area contributed by atoms with Crippen LogP contribution < -0.4 is 5.32 Å². The molecule has 2 rings (SSSR count). The van der Waals surface area contributed by atoms with E-state index in [9.17, 15) is 0 Å². The third-order valence-corrected chi connectivity index (χ3v) is 3.92. The van der Waals surface area contributed by atoms with Crippen molar-refractivity contribution in [3.8, 4) is 0 Å². The Morgan fingerprint density at radius 3 is 2.65 bits per heavy atom. The summed E-state index contributed by atoms with van der Waals surface area (Å²) in [5, 5.41) is 13.0. The first-order valence-electron chi connectivity index (χ1n) is 6.92. The van der Waals surface area contributed by atoms with Gasteiger partial charge >= 0.3 is 0 Å². The Balaban J connectivity index is 2.23. The van der Waals surface area contributed by atoms with E-state index in [1.54, 1.807) is 0 Å². The number of hydrogen-bond donors (Lipinski definition) is 1. The van der Waals surface area contributed by atoms with Crippen LogP contribution in [0.15, 0.2) is 12.4 Å². The molecule has 0 aliphatic rings. The second-order valence-electron chi connectivity index (χ2n) is 5.13. The molecule has 0 spiro atoms. The van der Waals surface area contributed by atoms with Gasteiger partial charge < -0.3 is 5.32 Å². The van der Waals surface area contributed by atoms with Gasteiger partial charge in [0, 0.05) is 38.3 Å². The van der Waals surface area contributed by atoms with E-state index in [4.69, 9.17) is 11.6 Å². The lowest BCUT2D eigenvalue weighted by atomic mass is 10.0. The summed E-state index contributed by atoms with van der Waals surface area (Å²) < 4.78 is 3.70. The van der Waals surface area contributed by atoms with Crippen molar-refractivity contribution in [2.24, 2.45) is 14.1 Å². The topological polar surface area (TPSA) is 47.7 Å². The summed E-state index contributed by atoms with van der Waals surface area (Å²) in [6, 6.07) is 0.205. The summed E-state index contributed by atoms with van der Waals surface area (Å²) in [6.45, 7) is 5.06. The van der Waals surface area contributed by atoms with Gasteiger partial charge in [-0.3, -0.25) is 9.36 Å². The summed E-state index contributed by atoms with van der Waals surface area (Å²) in [7, 11) is 3.87. The number of nitrogens with zero attached hydrogens (tertiary/aromatic N) is 4. The molecule has 0 saturated heterocycles. The highest BCUT2D eigenvalue weighted by molar-refractivity contribution is 6.31. The highest BCUT2D eigenvalue weighted by Gasteiger charge is 2.19. The van der Waals surface area contributed by atoms with Gasteiger partial charge in [0.15, 0.2) is 0 Å². The third kappa shape index (κ3) is 3.22. The van der Waals surface area contributed by atoms with Crippen LogP contribution in [0.2, 0.25) is 5.02 Å². The van der Waals surface area contributed by atoms with Crippen molar-refractivity contribution in [2.45, 2.75) is 32.7 Å². The van der Waals surface area contributed by atoms with Crippen molar-refractivity contribution >= 4 is 11.6 Å². The molecule has 20 heavy (non-hydrogen) atoms. The Morgan fingerprint density at radius 2 is 2.15 bits per heavy atom. The Kier molecular flexibility index (Phi) is 4.83. The van der Waals surface area contributed by atoms with E-state index >= 15 is 0 Å². The molecule has 1 N–H and O–H groups in total. The molecular weight excluding hydrogens is 274 g/mol. The number of rotatable bonds is 6. The first kappa shape index (κ1) is 15.1. The number of aromatic nitrogens is 4. The normalized spacial score (nSPS) is 12.8. The lowest BCUT2D eigenvalue weighted by Gasteiger charge is -2.17. The Hall–Kier alpha value is -1.33. The lowest BCUT2D eigenvalue weighted by molar-refractivity contribution is 0.512. The fourth-order valence-electron chi connectivity index (χ4n) is 2.34. The van der Waals surface area contributed by atoms with E-state index < -0.39 is 0 Å². The molecule has 0 aromatic carbocycles. The molecule has 6 heteroatoms. The first-order valence-corrected chi connectivity index (χ1v) is 7.30. The van der Waals surface area contributed by atoms with Crippen molar-refractivity contribution < 1.29 is 0 Å². The van der Waals surface area contributed by atoms with Crippen LogP contribution in [0, 0.1) is 6.92 Å². The molecule has 2 aromatic rings. The summed E-state index contributed by atoms with van der Waals surface area (Å²) in [6.07, 6.45) is 5.85. The van der Waals surface area contributed by atoms with Crippen molar-refractivity contribution in [1.82, 2.24) is 24.9 Å². The van der Waals surface area contributed by atoms with Crippen molar-refractivity contribution in [2.75, 3.05) is 6.54 Å². The maximum atomic E-state index is 6.35. The van der Waals surface area contributed by atoms with Gasteiger partial charge in [-0.15, -0.1) is 0 Å². The van der Waals surface area contributed by atoms with Gasteiger partial charge in [-0.25, -0.2) is 0 Å². The van der Waals surface area contributed by atoms with E-state index in [1.165, 1.54) is 5.56 Å². The molecule has 0 saturated carbocycles. The maximum Gasteiger partial charge on any atom is 0.0847 e. The summed E-state index contributed by atoms with van der Waals surface area (Å²) in [5.74, 6) is 0. The smallest absolute Gasteiger partial charge is 0.0847 e. The van der Waals surface area contributed by atoms with Gasteiger partial charge in [-0.05, 0) is 19.9 Å². The molecule has 0 bridgehead atoms. The van der Waals surface area contributed by atoms with Crippen LogP contribution in [-0.2, 0) is 20.5 Å². The van der Waals surface area contributed by atoms with Gasteiger partial charge in [0.2, 0.25) is 0 Å². The van der Waals surface area contributed by atoms with Crippen LogP contribution in [0.4, 0.5) is 0 Å². The zero-order chi connectivity index (χ0) is 14.7. The molecule has 0 radical (unpaired) electrons. The molecule has 110 valence electrons. The SMILES string of the molecule is CCCNC(Cc1c(Cl)c(C)nn1C)c1cnn(C)c1. The largest absolute Gasteiger partial charge is 0.310 e. The van der Waals surface area contributed by atoms with Crippen LogP contribution in [0.5, 0.6) is 0 Å². The van der Waals surface area contributed by atoms with E-state index in [-0.39, 0.29) is 6.04 Å². The quantitative estimate of drug-likeness (QED) is 0.890. The molecule has 0 aliphatic heterocycles. The number of nitrogens with one attached hydrogen (secondary N) is 1. The minimum atomic E-state index is 0.205. The highest BCUT2D eigenvalue weighted by atomic mass is 35.5. The number of hydrogen-bond acceptors (Lipinski definition) is 3. The molecule has 5 nitrogen and oxygen atoms in total. The molecular formula is C14H22ClN5. The molecule has 1 unspecified atom stereocenters. The third-order valence-electron chi connectivity index (χ3n) is 3.43. The van der Waals surface area contributed by atoms with Crippen LogP contribution in [0.3, 0.4) is 0 Å². The number of aryl methyl sites for hydroxylation is 3. The Morgan fingerprint density at radius 1 is 1.40 bits per heavy atom. The first-order chi connectivity index (χ1) is 9.52. The maximum absolute atomic E-state index is 6.35. The molecule has 0 fully saturated rings. The predicted octanol–water partition coefficient (Wildman–Crippen LogP) is 2.40. The standard InChI is InChI=1S/C14H22ClN5/c1-5-6-16-12(11-8-17-19(3)9-11)7-13-14(15)10(2)18-20(13)4/h8-9,12,16H,5-7H2,1-4H3. The minimum absolute atomic E-state index is 0.205.